The van der Waals surface area contributed by atoms with Crippen LogP contribution in [0, 0.1) is 5.92 Å². The summed E-state index contributed by atoms with van der Waals surface area (Å²) < 4.78 is 7.93. The van der Waals surface area contributed by atoms with Gasteiger partial charge >= 0.3 is 0 Å². The third kappa shape index (κ3) is 4.28. The zero-order valence-electron chi connectivity index (χ0n) is 17.8. The van der Waals surface area contributed by atoms with Crippen molar-refractivity contribution in [3.05, 3.63) is 83.0 Å². The van der Waals surface area contributed by atoms with Crippen LogP contribution in [0.3, 0.4) is 0 Å². The van der Waals surface area contributed by atoms with E-state index in [-0.39, 0.29) is 30.2 Å². The summed E-state index contributed by atoms with van der Waals surface area (Å²) in [6.07, 6.45) is 10.5. The van der Waals surface area contributed by atoms with Crippen molar-refractivity contribution in [2.24, 2.45) is 5.92 Å². The minimum atomic E-state index is -0.113. The second-order valence-corrected chi connectivity index (χ2v) is 9.16. The van der Waals surface area contributed by atoms with E-state index in [4.69, 9.17) is 16.3 Å². The first kappa shape index (κ1) is 20.2. The maximum atomic E-state index is 12.8. The van der Waals surface area contributed by atoms with Gasteiger partial charge in [-0.2, -0.15) is 0 Å². The lowest BCUT2D eigenvalue weighted by atomic mass is 10.1. The summed E-state index contributed by atoms with van der Waals surface area (Å²) in [6, 6.07) is 11.8. The Morgan fingerprint density at radius 2 is 2.00 bits per heavy atom. The van der Waals surface area contributed by atoms with Crippen molar-refractivity contribution in [1.29, 1.82) is 0 Å². The SMILES string of the molecule is O=C(Nc1nccnc1OCc1cn2cc(C3CC3)ccc2n1)[C@H]1CC1c1cccc(Cl)c1. The van der Waals surface area contributed by atoms with E-state index < -0.39 is 0 Å². The zero-order valence-corrected chi connectivity index (χ0v) is 18.6. The molecular weight excluding hydrogens is 438 g/mol. The van der Waals surface area contributed by atoms with E-state index in [0.717, 1.165) is 23.3 Å². The predicted molar refractivity (Wildman–Crippen MR) is 124 cm³/mol. The standard InChI is InChI=1S/C25H22ClN5O2/c26-18-3-1-2-16(10-18)20-11-21(20)24(32)30-23-25(28-9-8-27-23)33-14-19-13-31-12-17(15-4-5-15)6-7-22(31)29-19/h1-3,6-10,12-13,15,20-21H,4-5,11,14H2,(H,27,30,32)/t20?,21-/m0/s1. The molecule has 0 aliphatic heterocycles. The second kappa shape index (κ2) is 8.15. The van der Waals surface area contributed by atoms with Gasteiger partial charge in [-0.05, 0) is 60.4 Å². The zero-order chi connectivity index (χ0) is 22.4. The molecular formula is C25H22ClN5O2. The number of halogens is 1. The minimum absolute atomic E-state index is 0.0920. The van der Waals surface area contributed by atoms with Crippen molar-refractivity contribution >= 4 is 29.0 Å². The summed E-state index contributed by atoms with van der Waals surface area (Å²) in [5.41, 5.74) is 4.10. The molecule has 4 aromatic rings. The molecule has 2 aliphatic rings. The number of rotatable bonds is 7. The molecule has 2 atom stereocenters. The van der Waals surface area contributed by atoms with E-state index in [1.54, 1.807) is 6.20 Å². The number of carbonyl (C=O) groups is 1. The van der Waals surface area contributed by atoms with Crippen molar-refractivity contribution in [3.63, 3.8) is 0 Å². The predicted octanol–water partition coefficient (Wildman–Crippen LogP) is 4.98. The normalized spacial score (nSPS) is 19.4. The average molecular weight is 460 g/mol. The lowest BCUT2D eigenvalue weighted by Gasteiger charge is -2.09. The Kier molecular flexibility index (Phi) is 4.99. The maximum Gasteiger partial charge on any atom is 0.258 e. The average Bonchev–Trinajstić information content (AvgIpc) is 3.74. The second-order valence-electron chi connectivity index (χ2n) is 8.73. The fraction of sp³-hybridized carbons (Fsp3) is 0.280. The molecule has 2 fully saturated rings. The molecule has 2 aliphatic carbocycles. The number of carbonyl (C=O) groups excluding carboxylic acids is 1. The maximum absolute atomic E-state index is 12.8. The Balaban J connectivity index is 1.12. The van der Waals surface area contributed by atoms with Crippen molar-refractivity contribution < 1.29 is 9.53 Å². The first-order chi connectivity index (χ1) is 16.1. The monoisotopic (exact) mass is 459 g/mol. The van der Waals surface area contributed by atoms with Crippen LogP contribution in [0.15, 0.2) is 61.2 Å². The number of nitrogens with zero attached hydrogens (tertiary/aromatic N) is 4. The minimum Gasteiger partial charge on any atom is -0.468 e. The summed E-state index contributed by atoms with van der Waals surface area (Å²) in [5.74, 6) is 1.25. The largest absolute Gasteiger partial charge is 0.468 e. The van der Waals surface area contributed by atoms with Crippen molar-refractivity contribution in [2.45, 2.75) is 37.7 Å². The quantitative estimate of drug-likeness (QED) is 0.421. The molecule has 0 bridgehead atoms. The Morgan fingerprint density at radius 3 is 2.85 bits per heavy atom. The van der Waals surface area contributed by atoms with Crippen LogP contribution in [0.4, 0.5) is 5.82 Å². The Labute approximate surface area is 195 Å². The number of hydrogen-bond acceptors (Lipinski definition) is 5. The van der Waals surface area contributed by atoms with Crippen LogP contribution in [0.1, 0.15) is 47.9 Å². The van der Waals surface area contributed by atoms with Gasteiger partial charge in [-0.15, -0.1) is 0 Å². The molecule has 0 spiro atoms. The van der Waals surface area contributed by atoms with Crippen molar-refractivity contribution in [2.75, 3.05) is 5.32 Å². The number of amides is 1. The van der Waals surface area contributed by atoms with Crippen LogP contribution in [-0.2, 0) is 11.4 Å². The number of benzene rings is 1. The van der Waals surface area contributed by atoms with Gasteiger partial charge in [0.05, 0.1) is 5.69 Å². The molecule has 2 saturated carbocycles. The number of fused-ring (bicyclic) bond motifs is 1. The van der Waals surface area contributed by atoms with E-state index in [0.29, 0.717) is 16.8 Å². The Morgan fingerprint density at radius 1 is 1.12 bits per heavy atom. The summed E-state index contributed by atoms with van der Waals surface area (Å²) in [7, 11) is 0. The topological polar surface area (TPSA) is 81.4 Å². The van der Waals surface area contributed by atoms with Gasteiger partial charge in [0.1, 0.15) is 12.3 Å². The lowest BCUT2D eigenvalue weighted by Crippen LogP contribution is -2.17. The highest BCUT2D eigenvalue weighted by molar-refractivity contribution is 6.30. The van der Waals surface area contributed by atoms with Crippen LogP contribution in [0.25, 0.3) is 5.65 Å². The third-order valence-electron chi connectivity index (χ3n) is 6.24. The third-order valence-corrected chi connectivity index (χ3v) is 6.47. The van der Waals surface area contributed by atoms with Gasteiger partial charge in [0, 0.05) is 35.7 Å². The van der Waals surface area contributed by atoms with Crippen LogP contribution in [0.5, 0.6) is 5.88 Å². The molecule has 1 aromatic carbocycles. The number of imidazole rings is 1. The number of anilines is 1. The highest BCUT2D eigenvalue weighted by Gasteiger charge is 2.44. The molecule has 8 heteroatoms. The molecule has 1 amide bonds. The van der Waals surface area contributed by atoms with Gasteiger partial charge in [-0.25, -0.2) is 15.0 Å². The summed E-state index contributed by atoms with van der Waals surface area (Å²) in [5, 5.41) is 3.56. The van der Waals surface area contributed by atoms with Crippen molar-refractivity contribution in [3.8, 4) is 5.88 Å². The first-order valence-corrected chi connectivity index (χ1v) is 11.5. The summed E-state index contributed by atoms with van der Waals surface area (Å²) in [4.78, 5) is 25.9. The molecule has 3 aromatic heterocycles. The van der Waals surface area contributed by atoms with Gasteiger partial charge in [-0.3, -0.25) is 4.79 Å². The Hall–Kier alpha value is -3.45. The van der Waals surface area contributed by atoms with E-state index in [1.807, 2.05) is 40.9 Å². The number of aromatic nitrogens is 4. The number of hydrogen-bond donors (Lipinski definition) is 1. The molecule has 7 nitrogen and oxygen atoms in total. The van der Waals surface area contributed by atoms with Crippen molar-refractivity contribution in [1.82, 2.24) is 19.4 Å². The van der Waals surface area contributed by atoms with Crippen LogP contribution >= 0.6 is 11.6 Å². The molecule has 166 valence electrons. The van der Waals surface area contributed by atoms with Gasteiger partial charge in [0.2, 0.25) is 5.91 Å². The van der Waals surface area contributed by atoms with Gasteiger partial charge in [0.25, 0.3) is 5.88 Å². The molecule has 33 heavy (non-hydrogen) atoms. The van der Waals surface area contributed by atoms with Crippen LogP contribution in [0.2, 0.25) is 5.02 Å². The molecule has 0 radical (unpaired) electrons. The molecule has 1 N–H and O–H groups in total. The number of pyridine rings is 1. The lowest BCUT2D eigenvalue weighted by molar-refractivity contribution is -0.117. The highest BCUT2D eigenvalue weighted by atomic mass is 35.5. The summed E-state index contributed by atoms with van der Waals surface area (Å²) >= 11 is 6.09. The van der Waals surface area contributed by atoms with E-state index in [2.05, 4.69) is 32.5 Å². The van der Waals surface area contributed by atoms with Gasteiger partial charge in [0.15, 0.2) is 5.82 Å². The fourth-order valence-electron chi connectivity index (χ4n) is 4.25. The van der Waals surface area contributed by atoms with E-state index in [9.17, 15) is 4.79 Å². The summed E-state index contributed by atoms with van der Waals surface area (Å²) in [6.45, 7) is 0.233. The van der Waals surface area contributed by atoms with Gasteiger partial charge < -0.3 is 14.5 Å². The smallest absolute Gasteiger partial charge is 0.258 e. The number of nitrogens with one attached hydrogen (secondary N) is 1. The van der Waals surface area contributed by atoms with E-state index >= 15 is 0 Å². The van der Waals surface area contributed by atoms with Crippen LogP contribution in [-0.4, -0.2) is 25.3 Å². The molecule has 3 heterocycles. The molecule has 1 unspecified atom stereocenters. The molecule has 0 saturated heterocycles. The highest BCUT2D eigenvalue weighted by Crippen LogP contribution is 2.48. The van der Waals surface area contributed by atoms with Crippen LogP contribution < -0.4 is 10.1 Å². The Bertz CT molecular complexity index is 1350. The van der Waals surface area contributed by atoms with Gasteiger partial charge in [-0.1, -0.05) is 29.8 Å². The fourth-order valence-corrected chi connectivity index (χ4v) is 4.45. The number of ether oxygens (including phenoxy) is 1. The van der Waals surface area contributed by atoms with E-state index in [1.165, 1.54) is 24.6 Å². The molecule has 6 rings (SSSR count). The first-order valence-electron chi connectivity index (χ1n) is 11.1.